The van der Waals surface area contributed by atoms with Gasteiger partial charge in [-0.15, -0.1) is 25.6 Å². The number of carbonyl (C=O) groups is 1. The summed E-state index contributed by atoms with van der Waals surface area (Å²) in [6, 6.07) is 5.27. The third-order valence-electron chi connectivity index (χ3n) is 4.16. The molecule has 136 valence electrons. The van der Waals surface area contributed by atoms with Crippen LogP contribution >= 0.6 is 12.4 Å². The highest BCUT2D eigenvalue weighted by Crippen LogP contribution is 2.27. The van der Waals surface area contributed by atoms with Gasteiger partial charge in [0, 0.05) is 12.5 Å². The molecule has 1 unspecified atom stereocenters. The highest BCUT2D eigenvalue weighted by Gasteiger charge is 2.31. The lowest BCUT2D eigenvalue weighted by Gasteiger charge is -2.18. The molecule has 1 aromatic carbocycles. The van der Waals surface area contributed by atoms with Gasteiger partial charge >= 0.3 is 6.36 Å². The number of rotatable bonds is 5. The first-order valence-corrected chi connectivity index (χ1v) is 7.65. The van der Waals surface area contributed by atoms with Gasteiger partial charge in [0.2, 0.25) is 5.91 Å². The Morgan fingerprint density at radius 3 is 2.46 bits per heavy atom. The molecule has 1 saturated carbocycles. The van der Waals surface area contributed by atoms with Crippen molar-refractivity contribution in [3.05, 3.63) is 29.8 Å². The van der Waals surface area contributed by atoms with Crippen molar-refractivity contribution in [3.8, 4) is 5.75 Å². The molecule has 0 bridgehead atoms. The topological polar surface area (TPSA) is 64.4 Å². The number of halogens is 4. The predicted molar refractivity (Wildman–Crippen MR) is 86.9 cm³/mol. The molecule has 1 aliphatic carbocycles. The van der Waals surface area contributed by atoms with E-state index in [4.69, 9.17) is 5.73 Å². The van der Waals surface area contributed by atoms with Crippen molar-refractivity contribution < 1.29 is 22.7 Å². The fourth-order valence-electron chi connectivity index (χ4n) is 2.90. The maximum Gasteiger partial charge on any atom is 0.573 e. The standard InChI is InChI=1S/C16H21F3N2O2.ClH/c1-10(21-15(22)9-12-3-2-4-14(12)20)11-5-7-13(8-6-11)23-16(17,18)19;/h5-8,10,12,14H,2-4,9,20H2,1H3,(H,21,22);1H/t10?,12-,14+;/m0./s1. The zero-order valence-corrected chi connectivity index (χ0v) is 14.1. The summed E-state index contributed by atoms with van der Waals surface area (Å²) in [6.07, 6.45) is -1.35. The summed E-state index contributed by atoms with van der Waals surface area (Å²) in [5.74, 6) is -0.156. The number of nitrogens with one attached hydrogen (secondary N) is 1. The van der Waals surface area contributed by atoms with Crippen molar-refractivity contribution in [3.63, 3.8) is 0 Å². The van der Waals surface area contributed by atoms with Gasteiger partial charge < -0.3 is 15.8 Å². The van der Waals surface area contributed by atoms with E-state index >= 15 is 0 Å². The summed E-state index contributed by atoms with van der Waals surface area (Å²) in [7, 11) is 0. The lowest BCUT2D eigenvalue weighted by atomic mass is 9.99. The Hall–Kier alpha value is -1.47. The van der Waals surface area contributed by atoms with Gasteiger partial charge in [0.05, 0.1) is 6.04 Å². The van der Waals surface area contributed by atoms with Crippen LogP contribution in [0.25, 0.3) is 0 Å². The number of hydrogen-bond acceptors (Lipinski definition) is 3. The van der Waals surface area contributed by atoms with Crippen molar-refractivity contribution in [2.24, 2.45) is 11.7 Å². The number of alkyl halides is 3. The van der Waals surface area contributed by atoms with Gasteiger partial charge in [-0.25, -0.2) is 0 Å². The Labute approximate surface area is 145 Å². The molecule has 3 N–H and O–H groups in total. The maximum absolute atomic E-state index is 12.1. The summed E-state index contributed by atoms with van der Waals surface area (Å²) in [6.45, 7) is 1.78. The van der Waals surface area contributed by atoms with Crippen LogP contribution in [-0.2, 0) is 4.79 Å². The van der Waals surface area contributed by atoms with Crippen LogP contribution < -0.4 is 15.8 Å². The summed E-state index contributed by atoms with van der Waals surface area (Å²) in [4.78, 5) is 12.0. The number of nitrogens with two attached hydrogens (primary N) is 1. The molecule has 0 saturated heterocycles. The minimum Gasteiger partial charge on any atom is -0.406 e. The second-order valence-electron chi connectivity index (χ2n) is 5.97. The number of ether oxygens (including phenoxy) is 1. The van der Waals surface area contributed by atoms with Gasteiger partial charge in [-0.2, -0.15) is 0 Å². The average Bonchev–Trinajstić information content (AvgIpc) is 2.83. The van der Waals surface area contributed by atoms with Gasteiger partial charge in [-0.1, -0.05) is 18.6 Å². The Bertz CT molecular complexity index is 537. The van der Waals surface area contributed by atoms with E-state index in [-0.39, 0.29) is 42.1 Å². The summed E-state index contributed by atoms with van der Waals surface area (Å²) < 4.78 is 40.1. The van der Waals surface area contributed by atoms with Crippen molar-refractivity contribution in [2.75, 3.05) is 0 Å². The van der Waals surface area contributed by atoms with Crippen molar-refractivity contribution >= 4 is 18.3 Å². The SMILES string of the molecule is CC(NC(=O)C[C@@H]1CCC[C@H]1N)c1ccc(OC(F)(F)F)cc1.Cl. The summed E-state index contributed by atoms with van der Waals surface area (Å²) >= 11 is 0. The number of carbonyl (C=O) groups excluding carboxylic acids is 1. The van der Waals surface area contributed by atoms with E-state index in [2.05, 4.69) is 10.1 Å². The maximum atomic E-state index is 12.1. The van der Waals surface area contributed by atoms with Crippen LogP contribution in [0.2, 0.25) is 0 Å². The third-order valence-corrected chi connectivity index (χ3v) is 4.16. The van der Waals surface area contributed by atoms with E-state index in [1.165, 1.54) is 24.3 Å². The first-order chi connectivity index (χ1) is 10.7. The molecule has 0 aromatic heterocycles. The van der Waals surface area contributed by atoms with Crippen LogP contribution in [0.4, 0.5) is 13.2 Å². The van der Waals surface area contributed by atoms with Gasteiger partial charge in [0.1, 0.15) is 5.75 Å². The Balaban J connectivity index is 0.00000288. The van der Waals surface area contributed by atoms with E-state index < -0.39 is 6.36 Å². The lowest BCUT2D eigenvalue weighted by Crippen LogP contribution is -2.32. The molecule has 1 aromatic rings. The lowest BCUT2D eigenvalue weighted by molar-refractivity contribution is -0.274. The number of benzene rings is 1. The molecule has 3 atom stereocenters. The monoisotopic (exact) mass is 366 g/mol. The van der Waals surface area contributed by atoms with E-state index in [1.807, 2.05) is 0 Å². The van der Waals surface area contributed by atoms with Gasteiger partial charge in [-0.3, -0.25) is 4.79 Å². The van der Waals surface area contributed by atoms with E-state index in [0.717, 1.165) is 19.3 Å². The molecule has 2 rings (SSSR count). The Morgan fingerprint density at radius 1 is 1.33 bits per heavy atom. The van der Waals surface area contributed by atoms with Gasteiger partial charge in [0.25, 0.3) is 0 Å². The largest absolute Gasteiger partial charge is 0.573 e. The predicted octanol–water partition coefficient (Wildman–Crippen LogP) is 3.70. The highest BCUT2D eigenvalue weighted by atomic mass is 35.5. The van der Waals surface area contributed by atoms with Crippen LogP contribution in [0.3, 0.4) is 0 Å². The van der Waals surface area contributed by atoms with Crippen molar-refractivity contribution in [1.29, 1.82) is 0 Å². The zero-order chi connectivity index (χ0) is 17.0. The third kappa shape index (κ3) is 6.20. The Morgan fingerprint density at radius 2 is 1.96 bits per heavy atom. The molecule has 0 radical (unpaired) electrons. The summed E-state index contributed by atoms with van der Waals surface area (Å²) in [5.41, 5.74) is 6.66. The molecule has 4 nitrogen and oxygen atoms in total. The van der Waals surface area contributed by atoms with E-state index in [9.17, 15) is 18.0 Å². The first-order valence-electron chi connectivity index (χ1n) is 7.65. The fourth-order valence-corrected chi connectivity index (χ4v) is 2.90. The zero-order valence-electron chi connectivity index (χ0n) is 13.3. The second-order valence-corrected chi connectivity index (χ2v) is 5.97. The molecule has 0 aliphatic heterocycles. The number of hydrogen-bond donors (Lipinski definition) is 2. The van der Waals surface area contributed by atoms with Crippen molar-refractivity contribution in [1.82, 2.24) is 5.32 Å². The highest BCUT2D eigenvalue weighted by molar-refractivity contribution is 5.85. The molecule has 0 heterocycles. The van der Waals surface area contributed by atoms with Crippen molar-refractivity contribution in [2.45, 2.75) is 51.1 Å². The van der Waals surface area contributed by atoms with Crippen LogP contribution in [0.1, 0.15) is 44.2 Å². The Kier molecular flexibility index (Phi) is 7.35. The quantitative estimate of drug-likeness (QED) is 0.835. The smallest absolute Gasteiger partial charge is 0.406 e. The minimum atomic E-state index is -4.71. The number of amides is 1. The molecule has 8 heteroatoms. The summed E-state index contributed by atoms with van der Waals surface area (Å²) in [5, 5.41) is 2.85. The molecule has 0 spiro atoms. The van der Waals surface area contributed by atoms with Crippen LogP contribution in [0.5, 0.6) is 5.75 Å². The van der Waals surface area contributed by atoms with Crippen LogP contribution in [0, 0.1) is 5.92 Å². The van der Waals surface area contributed by atoms with Crippen LogP contribution in [0.15, 0.2) is 24.3 Å². The first kappa shape index (κ1) is 20.6. The van der Waals surface area contributed by atoms with E-state index in [0.29, 0.717) is 12.0 Å². The van der Waals surface area contributed by atoms with E-state index in [1.54, 1.807) is 6.92 Å². The fraction of sp³-hybridized carbons (Fsp3) is 0.562. The molecule has 1 amide bonds. The van der Waals surface area contributed by atoms with Gasteiger partial charge in [0.15, 0.2) is 0 Å². The van der Waals surface area contributed by atoms with Gasteiger partial charge in [-0.05, 0) is 43.4 Å². The molecule has 1 fully saturated rings. The molecular weight excluding hydrogens is 345 g/mol. The molecule has 1 aliphatic rings. The molecular formula is C16H22ClF3N2O2. The minimum absolute atomic E-state index is 0. The average molecular weight is 367 g/mol. The normalized spacial score (nSPS) is 21.7. The second kappa shape index (κ2) is 8.58. The van der Waals surface area contributed by atoms with Crippen LogP contribution in [-0.4, -0.2) is 18.3 Å². The molecule has 24 heavy (non-hydrogen) atoms.